The molecular weight excluding hydrogens is 417 g/mol. The Morgan fingerprint density at radius 1 is 1.25 bits per heavy atom. The van der Waals surface area contributed by atoms with Gasteiger partial charge in [-0.25, -0.2) is 0 Å². The van der Waals surface area contributed by atoms with Crippen molar-refractivity contribution in [1.82, 2.24) is 10.6 Å². The Hall–Kier alpha value is -2.48. The van der Waals surface area contributed by atoms with Crippen molar-refractivity contribution in [2.75, 3.05) is 27.3 Å². The normalized spacial score (nSPS) is 16.1. The SMILES string of the molecule is COc1ccc(CNC(=O)c2cc(C#N)ccc2[AsH][C@@H]2CCNC2)cc1OC. The van der Waals surface area contributed by atoms with Gasteiger partial charge in [0.15, 0.2) is 0 Å². The second-order valence-electron chi connectivity index (χ2n) is 6.58. The van der Waals surface area contributed by atoms with Crippen LogP contribution in [0, 0.1) is 11.3 Å². The fourth-order valence-electron chi connectivity index (χ4n) is 3.19. The van der Waals surface area contributed by atoms with Crippen LogP contribution in [-0.4, -0.2) is 49.0 Å². The summed E-state index contributed by atoms with van der Waals surface area (Å²) in [5.74, 6) is 1.13. The monoisotopic (exact) mass is 441 g/mol. The van der Waals surface area contributed by atoms with Crippen molar-refractivity contribution in [3.05, 3.63) is 53.1 Å². The Kier molecular flexibility index (Phi) is 6.97. The summed E-state index contributed by atoms with van der Waals surface area (Å²) in [6.07, 6.45) is 1.16. The first-order valence-corrected chi connectivity index (χ1v) is 11.4. The van der Waals surface area contributed by atoms with Crippen molar-refractivity contribution in [1.29, 1.82) is 5.26 Å². The topological polar surface area (TPSA) is 83.4 Å². The number of methoxy groups -OCH3 is 2. The molecule has 7 heteroatoms. The number of nitrogens with one attached hydrogen (secondary N) is 2. The van der Waals surface area contributed by atoms with E-state index in [0.717, 1.165) is 29.4 Å². The first-order valence-electron chi connectivity index (χ1n) is 9.15. The Morgan fingerprint density at radius 3 is 2.75 bits per heavy atom. The van der Waals surface area contributed by atoms with Crippen molar-refractivity contribution in [2.45, 2.75) is 17.7 Å². The van der Waals surface area contributed by atoms with E-state index in [-0.39, 0.29) is 5.91 Å². The molecule has 1 saturated heterocycles. The van der Waals surface area contributed by atoms with Crippen LogP contribution < -0.4 is 24.5 Å². The zero-order chi connectivity index (χ0) is 19.9. The molecule has 0 radical (unpaired) electrons. The summed E-state index contributed by atoms with van der Waals surface area (Å²) in [6, 6.07) is 13.2. The fourth-order valence-corrected chi connectivity index (χ4v) is 6.33. The quantitative estimate of drug-likeness (QED) is 0.634. The van der Waals surface area contributed by atoms with Crippen molar-refractivity contribution in [2.24, 2.45) is 0 Å². The summed E-state index contributed by atoms with van der Waals surface area (Å²) in [6.45, 7) is 2.44. The van der Waals surface area contributed by atoms with Gasteiger partial charge in [0.1, 0.15) is 0 Å². The van der Waals surface area contributed by atoms with Crippen LogP contribution in [0.4, 0.5) is 0 Å². The van der Waals surface area contributed by atoms with Gasteiger partial charge in [0.2, 0.25) is 0 Å². The Bertz CT molecular complexity index is 889. The van der Waals surface area contributed by atoms with Crippen LogP contribution in [0.2, 0.25) is 4.71 Å². The minimum atomic E-state index is -0.455. The molecule has 0 bridgehead atoms. The number of ether oxygens (including phenoxy) is 2. The van der Waals surface area contributed by atoms with Gasteiger partial charge in [-0.1, -0.05) is 0 Å². The van der Waals surface area contributed by atoms with E-state index in [1.54, 1.807) is 20.3 Å². The first kappa shape index (κ1) is 20.3. The van der Waals surface area contributed by atoms with Crippen LogP contribution in [-0.2, 0) is 6.54 Å². The van der Waals surface area contributed by atoms with Crippen LogP contribution in [0.5, 0.6) is 11.5 Å². The van der Waals surface area contributed by atoms with E-state index in [9.17, 15) is 10.1 Å². The molecule has 1 amide bonds. The summed E-state index contributed by atoms with van der Waals surface area (Å²) in [7, 11) is 3.17. The first-order chi connectivity index (χ1) is 13.6. The number of benzene rings is 2. The molecule has 1 fully saturated rings. The van der Waals surface area contributed by atoms with Gasteiger partial charge in [0.25, 0.3) is 0 Å². The van der Waals surface area contributed by atoms with Gasteiger partial charge < -0.3 is 0 Å². The third-order valence-corrected chi connectivity index (χ3v) is 8.17. The molecule has 28 heavy (non-hydrogen) atoms. The molecule has 1 aliphatic rings. The third-order valence-electron chi connectivity index (χ3n) is 4.71. The van der Waals surface area contributed by atoms with E-state index in [1.165, 1.54) is 0 Å². The molecule has 0 spiro atoms. The van der Waals surface area contributed by atoms with Gasteiger partial charge in [-0.3, -0.25) is 0 Å². The van der Waals surface area contributed by atoms with Crippen LogP contribution in [0.1, 0.15) is 27.9 Å². The number of carbonyl (C=O) groups excluding carboxylic acids is 1. The van der Waals surface area contributed by atoms with Gasteiger partial charge in [-0.15, -0.1) is 0 Å². The van der Waals surface area contributed by atoms with E-state index in [4.69, 9.17) is 9.47 Å². The van der Waals surface area contributed by atoms with E-state index in [0.29, 0.717) is 33.9 Å². The molecule has 2 N–H and O–H groups in total. The summed E-state index contributed by atoms with van der Waals surface area (Å²) in [4.78, 5) is 12.9. The zero-order valence-corrected chi connectivity index (χ0v) is 18.1. The maximum atomic E-state index is 12.9. The summed E-state index contributed by atoms with van der Waals surface area (Å²) in [5.41, 5.74) is 2.06. The molecule has 2 aromatic carbocycles. The van der Waals surface area contributed by atoms with Gasteiger partial charge >= 0.3 is 172 Å². The van der Waals surface area contributed by atoms with E-state index in [1.807, 2.05) is 30.3 Å². The molecule has 1 unspecified atom stereocenters. The van der Waals surface area contributed by atoms with E-state index in [2.05, 4.69) is 16.7 Å². The number of hydrogen-bond acceptors (Lipinski definition) is 5. The molecular formula is C21H24AsN3O3. The Balaban J connectivity index is 1.75. The van der Waals surface area contributed by atoms with Crippen molar-refractivity contribution in [3.8, 4) is 17.6 Å². The zero-order valence-electron chi connectivity index (χ0n) is 16.0. The van der Waals surface area contributed by atoms with Crippen LogP contribution in [0.3, 0.4) is 0 Å². The van der Waals surface area contributed by atoms with Gasteiger partial charge in [-0.2, -0.15) is 0 Å². The predicted octanol–water partition coefficient (Wildman–Crippen LogP) is 1.35. The molecule has 6 nitrogen and oxygen atoms in total. The van der Waals surface area contributed by atoms with E-state index < -0.39 is 15.8 Å². The van der Waals surface area contributed by atoms with Gasteiger partial charge in [-0.05, 0) is 0 Å². The summed E-state index contributed by atoms with van der Waals surface area (Å²) < 4.78 is 12.3. The summed E-state index contributed by atoms with van der Waals surface area (Å²) in [5, 5.41) is 15.6. The fraction of sp³-hybridized carbons (Fsp3) is 0.333. The maximum absolute atomic E-state index is 12.9. The molecule has 0 saturated carbocycles. The third kappa shape index (κ3) is 4.86. The average molecular weight is 441 g/mol. The Morgan fingerprint density at radius 2 is 2.07 bits per heavy atom. The van der Waals surface area contributed by atoms with Crippen molar-refractivity contribution in [3.63, 3.8) is 0 Å². The number of carbonyl (C=O) groups is 1. The van der Waals surface area contributed by atoms with Crippen LogP contribution in [0.25, 0.3) is 0 Å². The number of hydrogen-bond donors (Lipinski definition) is 2. The second-order valence-corrected chi connectivity index (χ2v) is 10.0. The van der Waals surface area contributed by atoms with Crippen LogP contribution >= 0.6 is 0 Å². The number of nitrogens with zero attached hydrogens (tertiary/aromatic N) is 1. The standard InChI is InChI=1S/C21H24AsN3O3/c1-27-19-6-4-15(10-20(19)28-2)12-25-21(26)17-9-14(11-23)3-5-18(17)22-16-7-8-24-13-16/h3-6,9-10,16,22,24H,7-8,12-13H2,1-2H3,(H,25,26)/t16-/m1/s1. The number of rotatable bonds is 7. The molecule has 0 aromatic heterocycles. The number of amides is 1. The molecule has 146 valence electrons. The Labute approximate surface area is 171 Å². The molecule has 1 heterocycles. The minimum absolute atomic E-state index is 0.142. The van der Waals surface area contributed by atoms with Gasteiger partial charge in [0.05, 0.1) is 0 Å². The van der Waals surface area contributed by atoms with Crippen molar-refractivity contribution >= 4 is 26.0 Å². The molecule has 2 atom stereocenters. The van der Waals surface area contributed by atoms with Crippen LogP contribution in [0.15, 0.2) is 36.4 Å². The summed E-state index contributed by atoms with van der Waals surface area (Å²) >= 11 is -0.455. The molecule has 0 aliphatic carbocycles. The van der Waals surface area contributed by atoms with Gasteiger partial charge in [0, 0.05) is 0 Å². The molecule has 2 aromatic rings. The average Bonchev–Trinajstić information content (AvgIpc) is 3.25. The van der Waals surface area contributed by atoms with Crippen molar-refractivity contribution < 1.29 is 14.3 Å². The molecule has 1 aliphatic heterocycles. The second kappa shape index (κ2) is 9.63. The van der Waals surface area contributed by atoms with E-state index >= 15 is 0 Å². The predicted molar refractivity (Wildman–Crippen MR) is 110 cm³/mol. The molecule has 3 rings (SSSR count). The number of nitriles is 1.